The minimum atomic E-state index is -0.421. The molecule has 1 aliphatic heterocycles. The van der Waals surface area contributed by atoms with Crippen LogP contribution in [0.25, 0.3) is 0 Å². The standard InChI is InChI=1S/C14H22FN3O/c1-10(2)19-14-9-13(12(16)8-11(14)15)17-18-6-4-3-5-7-18/h8-10,17H,3-7,16H2,1-2H3. The van der Waals surface area contributed by atoms with E-state index in [2.05, 4.69) is 10.4 Å². The van der Waals surface area contributed by atoms with Crippen LogP contribution < -0.4 is 15.9 Å². The van der Waals surface area contributed by atoms with Crippen molar-refractivity contribution in [3.8, 4) is 5.75 Å². The number of nitrogens with one attached hydrogen (secondary N) is 1. The van der Waals surface area contributed by atoms with Crippen LogP contribution in [-0.4, -0.2) is 24.2 Å². The van der Waals surface area contributed by atoms with E-state index in [0.29, 0.717) is 11.4 Å². The maximum atomic E-state index is 13.7. The third-order valence-corrected chi connectivity index (χ3v) is 3.10. The first-order chi connectivity index (χ1) is 9.06. The topological polar surface area (TPSA) is 50.5 Å². The van der Waals surface area contributed by atoms with Crippen molar-refractivity contribution in [2.75, 3.05) is 24.2 Å². The Labute approximate surface area is 113 Å². The van der Waals surface area contributed by atoms with E-state index in [9.17, 15) is 4.39 Å². The third-order valence-electron chi connectivity index (χ3n) is 3.10. The Hall–Kier alpha value is -1.49. The molecule has 0 amide bonds. The first-order valence-electron chi connectivity index (χ1n) is 6.83. The fourth-order valence-corrected chi connectivity index (χ4v) is 2.19. The molecule has 3 N–H and O–H groups in total. The van der Waals surface area contributed by atoms with Gasteiger partial charge < -0.3 is 15.9 Å². The molecule has 0 bridgehead atoms. The van der Waals surface area contributed by atoms with Crippen molar-refractivity contribution in [3.63, 3.8) is 0 Å². The zero-order valence-electron chi connectivity index (χ0n) is 11.6. The highest BCUT2D eigenvalue weighted by molar-refractivity contribution is 5.68. The molecular formula is C14H22FN3O. The maximum absolute atomic E-state index is 13.7. The molecule has 19 heavy (non-hydrogen) atoms. The Morgan fingerprint density at radius 1 is 1.26 bits per heavy atom. The maximum Gasteiger partial charge on any atom is 0.167 e. The number of rotatable bonds is 4. The summed E-state index contributed by atoms with van der Waals surface area (Å²) < 4.78 is 19.2. The van der Waals surface area contributed by atoms with Crippen molar-refractivity contribution in [3.05, 3.63) is 17.9 Å². The summed E-state index contributed by atoms with van der Waals surface area (Å²) >= 11 is 0. The van der Waals surface area contributed by atoms with Gasteiger partial charge in [0.2, 0.25) is 0 Å². The smallest absolute Gasteiger partial charge is 0.167 e. The van der Waals surface area contributed by atoms with E-state index in [1.54, 1.807) is 6.07 Å². The van der Waals surface area contributed by atoms with Gasteiger partial charge >= 0.3 is 0 Å². The number of nitrogens with zero attached hydrogens (tertiary/aromatic N) is 1. The molecule has 4 nitrogen and oxygen atoms in total. The number of ether oxygens (including phenoxy) is 1. The molecule has 0 atom stereocenters. The van der Waals surface area contributed by atoms with E-state index in [1.807, 2.05) is 13.8 Å². The summed E-state index contributed by atoms with van der Waals surface area (Å²) in [5.74, 6) is -0.181. The molecular weight excluding hydrogens is 245 g/mol. The lowest BCUT2D eigenvalue weighted by atomic mass is 10.2. The van der Waals surface area contributed by atoms with Gasteiger partial charge in [0, 0.05) is 25.2 Å². The monoisotopic (exact) mass is 267 g/mol. The van der Waals surface area contributed by atoms with Crippen LogP contribution in [0.5, 0.6) is 5.75 Å². The lowest BCUT2D eigenvalue weighted by Crippen LogP contribution is -2.35. The van der Waals surface area contributed by atoms with Gasteiger partial charge in [-0.15, -0.1) is 0 Å². The molecule has 0 unspecified atom stereocenters. The molecule has 0 radical (unpaired) electrons. The molecule has 0 aliphatic carbocycles. The van der Waals surface area contributed by atoms with E-state index < -0.39 is 5.82 Å². The minimum Gasteiger partial charge on any atom is -0.488 e. The summed E-state index contributed by atoms with van der Waals surface area (Å²) in [7, 11) is 0. The van der Waals surface area contributed by atoms with Crippen molar-refractivity contribution in [1.82, 2.24) is 5.01 Å². The number of hydrogen-bond donors (Lipinski definition) is 2. The number of hydrazine groups is 1. The van der Waals surface area contributed by atoms with Crippen molar-refractivity contribution in [1.29, 1.82) is 0 Å². The van der Waals surface area contributed by atoms with E-state index in [0.717, 1.165) is 13.1 Å². The SMILES string of the molecule is CC(C)Oc1cc(NN2CCCCC2)c(N)cc1F. The van der Waals surface area contributed by atoms with Gasteiger partial charge in [-0.25, -0.2) is 9.40 Å². The lowest BCUT2D eigenvalue weighted by molar-refractivity contribution is 0.231. The lowest BCUT2D eigenvalue weighted by Gasteiger charge is -2.28. The molecule has 1 aromatic carbocycles. The fraction of sp³-hybridized carbons (Fsp3) is 0.571. The highest BCUT2D eigenvalue weighted by Gasteiger charge is 2.14. The van der Waals surface area contributed by atoms with Gasteiger partial charge in [-0.2, -0.15) is 0 Å². The van der Waals surface area contributed by atoms with E-state index in [1.165, 1.54) is 25.3 Å². The Kier molecular flexibility index (Phi) is 4.47. The minimum absolute atomic E-state index is 0.0686. The number of piperidine rings is 1. The van der Waals surface area contributed by atoms with Crippen LogP contribution in [0.1, 0.15) is 33.1 Å². The summed E-state index contributed by atoms with van der Waals surface area (Å²) in [6, 6.07) is 2.95. The predicted molar refractivity (Wildman–Crippen MR) is 75.6 cm³/mol. The molecule has 1 fully saturated rings. The molecule has 1 saturated heterocycles. The van der Waals surface area contributed by atoms with Gasteiger partial charge in [0.05, 0.1) is 17.5 Å². The van der Waals surface area contributed by atoms with Gasteiger partial charge in [0.1, 0.15) is 0 Å². The molecule has 0 aromatic heterocycles. The van der Waals surface area contributed by atoms with Gasteiger partial charge in [0.25, 0.3) is 0 Å². The molecule has 0 spiro atoms. The summed E-state index contributed by atoms with van der Waals surface area (Å²) in [6.45, 7) is 5.70. The number of benzene rings is 1. The van der Waals surface area contributed by atoms with Crippen LogP contribution in [0, 0.1) is 5.82 Å². The first-order valence-corrected chi connectivity index (χ1v) is 6.83. The predicted octanol–water partition coefficient (Wildman–Crippen LogP) is 3.01. The largest absolute Gasteiger partial charge is 0.488 e. The molecule has 106 valence electrons. The van der Waals surface area contributed by atoms with Crippen molar-refractivity contribution in [2.24, 2.45) is 0 Å². The van der Waals surface area contributed by atoms with Gasteiger partial charge in [0.15, 0.2) is 11.6 Å². The van der Waals surface area contributed by atoms with Crippen LogP contribution in [0.2, 0.25) is 0 Å². The van der Waals surface area contributed by atoms with Gasteiger partial charge in [-0.3, -0.25) is 0 Å². The second-order valence-corrected chi connectivity index (χ2v) is 5.20. The number of anilines is 2. The van der Waals surface area contributed by atoms with E-state index >= 15 is 0 Å². The number of hydrogen-bond acceptors (Lipinski definition) is 4. The highest BCUT2D eigenvalue weighted by Crippen LogP contribution is 2.29. The summed E-state index contributed by atoms with van der Waals surface area (Å²) in [5.41, 5.74) is 10.2. The Balaban J connectivity index is 2.14. The van der Waals surface area contributed by atoms with Crippen LogP contribution in [0.3, 0.4) is 0 Å². The first kappa shape index (κ1) is 13.9. The number of nitrogen functional groups attached to an aromatic ring is 1. The number of halogens is 1. The van der Waals surface area contributed by atoms with E-state index in [-0.39, 0.29) is 11.9 Å². The van der Waals surface area contributed by atoms with Crippen LogP contribution in [0.4, 0.5) is 15.8 Å². The zero-order chi connectivity index (χ0) is 13.8. The van der Waals surface area contributed by atoms with Crippen LogP contribution in [0.15, 0.2) is 12.1 Å². The summed E-state index contributed by atoms with van der Waals surface area (Å²) in [5, 5.41) is 2.12. The quantitative estimate of drug-likeness (QED) is 0.823. The summed E-state index contributed by atoms with van der Waals surface area (Å²) in [4.78, 5) is 0. The van der Waals surface area contributed by atoms with Gasteiger partial charge in [-0.05, 0) is 26.7 Å². The second-order valence-electron chi connectivity index (χ2n) is 5.20. The average Bonchev–Trinajstić information content (AvgIpc) is 2.36. The molecule has 2 rings (SSSR count). The Morgan fingerprint density at radius 2 is 1.95 bits per heavy atom. The normalized spacial score (nSPS) is 16.6. The Bertz CT molecular complexity index is 431. The molecule has 0 saturated carbocycles. The molecule has 5 heteroatoms. The fourth-order valence-electron chi connectivity index (χ4n) is 2.19. The molecule has 1 aromatic rings. The van der Waals surface area contributed by atoms with E-state index in [4.69, 9.17) is 10.5 Å². The van der Waals surface area contributed by atoms with Crippen molar-refractivity contribution < 1.29 is 9.13 Å². The number of nitrogens with two attached hydrogens (primary N) is 1. The molecule has 1 heterocycles. The average molecular weight is 267 g/mol. The Morgan fingerprint density at radius 3 is 2.58 bits per heavy atom. The molecule has 1 aliphatic rings. The zero-order valence-corrected chi connectivity index (χ0v) is 11.6. The highest BCUT2D eigenvalue weighted by atomic mass is 19.1. The van der Waals surface area contributed by atoms with Crippen LogP contribution >= 0.6 is 0 Å². The second kappa shape index (κ2) is 6.10. The van der Waals surface area contributed by atoms with Crippen LogP contribution in [-0.2, 0) is 0 Å². The van der Waals surface area contributed by atoms with Crippen molar-refractivity contribution in [2.45, 2.75) is 39.2 Å². The summed E-state index contributed by atoms with van der Waals surface area (Å²) in [6.07, 6.45) is 3.53. The van der Waals surface area contributed by atoms with Gasteiger partial charge in [-0.1, -0.05) is 6.42 Å². The van der Waals surface area contributed by atoms with Crippen molar-refractivity contribution >= 4 is 11.4 Å². The third kappa shape index (κ3) is 3.73.